The zero-order valence-corrected chi connectivity index (χ0v) is 15.6. The van der Waals surface area contributed by atoms with E-state index in [1.165, 1.54) is 18.2 Å². The molecule has 0 aliphatic rings. The number of nitriles is 2. The van der Waals surface area contributed by atoms with Gasteiger partial charge in [-0.05, 0) is 36.4 Å². The van der Waals surface area contributed by atoms with Crippen LogP contribution in [0, 0.1) is 22.7 Å². The molecule has 0 saturated heterocycles. The molecule has 0 fully saturated rings. The van der Waals surface area contributed by atoms with Crippen LogP contribution in [-0.2, 0) is 12.4 Å². The lowest BCUT2D eigenvalue weighted by Crippen LogP contribution is -2.20. The highest BCUT2D eigenvalue weighted by atomic mass is 19.4. The Bertz CT molecular complexity index is 1010. The van der Waals surface area contributed by atoms with Gasteiger partial charge in [-0.25, -0.2) is 0 Å². The third-order valence-corrected chi connectivity index (χ3v) is 4.00. The van der Waals surface area contributed by atoms with Crippen LogP contribution in [0.2, 0.25) is 0 Å². The molecule has 0 aliphatic heterocycles. The minimum Gasteiger partial charge on any atom is -0.493 e. The summed E-state index contributed by atoms with van der Waals surface area (Å²) in [6.07, 6.45) is -10.8. The normalized spacial score (nSPS) is 12.5. The van der Waals surface area contributed by atoms with Gasteiger partial charge in [0.1, 0.15) is 18.1 Å². The Hall–Kier alpha value is -3.44. The van der Waals surface area contributed by atoms with Crippen LogP contribution >= 0.6 is 0 Å². The molecule has 0 amide bonds. The van der Waals surface area contributed by atoms with Crippen LogP contribution in [0.4, 0.5) is 26.3 Å². The van der Waals surface area contributed by atoms with E-state index in [0.29, 0.717) is 12.1 Å². The predicted molar refractivity (Wildman–Crippen MR) is 93.9 cm³/mol. The number of aliphatic hydroxyl groups is 1. The summed E-state index contributed by atoms with van der Waals surface area (Å²) < 4.78 is 87.8. The van der Waals surface area contributed by atoms with E-state index in [-0.39, 0.29) is 24.5 Å². The molecule has 2 aromatic rings. The van der Waals surface area contributed by atoms with E-state index in [0.717, 1.165) is 18.2 Å². The van der Waals surface area contributed by atoms with Crippen LogP contribution in [0.3, 0.4) is 0 Å². The van der Waals surface area contributed by atoms with Crippen LogP contribution in [0.5, 0.6) is 11.5 Å². The topological polar surface area (TPSA) is 86.3 Å². The smallest absolute Gasteiger partial charge is 0.417 e. The number of nitrogens with zero attached hydrogens (tertiary/aromatic N) is 2. The second-order valence-electron chi connectivity index (χ2n) is 6.24. The van der Waals surface area contributed by atoms with Crippen molar-refractivity contribution in [1.82, 2.24) is 0 Å². The highest BCUT2D eigenvalue weighted by molar-refractivity contribution is 5.45. The van der Waals surface area contributed by atoms with Crippen molar-refractivity contribution in [2.45, 2.75) is 24.9 Å². The Kier molecular flexibility index (Phi) is 7.37. The van der Waals surface area contributed by atoms with Crippen LogP contribution in [-0.4, -0.2) is 24.4 Å². The quantitative estimate of drug-likeness (QED) is 0.627. The molecule has 164 valence electrons. The van der Waals surface area contributed by atoms with Crippen molar-refractivity contribution in [3.05, 3.63) is 58.7 Å². The summed E-state index contributed by atoms with van der Waals surface area (Å²) in [6.45, 7) is -0.622. The number of aliphatic hydroxyl groups excluding tert-OH is 1. The fourth-order valence-corrected chi connectivity index (χ4v) is 2.48. The summed E-state index contributed by atoms with van der Waals surface area (Å²) in [5.74, 6) is -0.380. The average molecular weight is 444 g/mol. The highest BCUT2D eigenvalue weighted by Crippen LogP contribution is 2.35. The van der Waals surface area contributed by atoms with Crippen LogP contribution in [0.15, 0.2) is 36.4 Å². The molecule has 1 N–H and O–H groups in total. The largest absolute Gasteiger partial charge is 0.493 e. The minimum atomic E-state index is -4.76. The lowest BCUT2D eigenvalue weighted by molar-refractivity contribution is -0.138. The molecule has 0 radical (unpaired) electrons. The third kappa shape index (κ3) is 6.52. The molecule has 2 aromatic carbocycles. The standard InChI is InChI=1S/C20H14F6N2O3/c21-19(22,23)17-7-15(3-1-12(17)9-27)30-6-5-14(29)11-31-16-4-2-13(10-28)18(8-16)20(24,25)26/h1-4,7-8,14,29H,5-6,11H2. The van der Waals surface area contributed by atoms with Gasteiger partial charge in [0, 0.05) is 6.42 Å². The molecule has 31 heavy (non-hydrogen) atoms. The molecule has 0 bridgehead atoms. The summed E-state index contributed by atoms with van der Waals surface area (Å²) in [4.78, 5) is 0. The number of ether oxygens (including phenoxy) is 2. The maximum absolute atomic E-state index is 12.9. The molecule has 0 aliphatic carbocycles. The van der Waals surface area contributed by atoms with Gasteiger partial charge in [0.25, 0.3) is 0 Å². The Morgan fingerprint density at radius 3 is 1.68 bits per heavy atom. The number of hydrogen-bond acceptors (Lipinski definition) is 5. The number of halogens is 6. The number of alkyl halides is 6. The first-order valence-electron chi connectivity index (χ1n) is 8.62. The highest BCUT2D eigenvalue weighted by Gasteiger charge is 2.35. The van der Waals surface area contributed by atoms with Crippen LogP contribution < -0.4 is 9.47 Å². The summed E-state index contributed by atoms with van der Waals surface area (Å²) in [6, 6.07) is 8.38. The van der Waals surface area contributed by atoms with E-state index in [2.05, 4.69) is 0 Å². The maximum atomic E-state index is 12.9. The van der Waals surface area contributed by atoms with Gasteiger partial charge in [0.15, 0.2) is 0 Å². The Balaban J connectivity index is 1.92. The lowest BCUT2D eigenvalue weighted by atomic mass is 10.1. The Morgan fingerprint density at radius 2 is 1.26 bits per heavy atom. The van der Waals surface area contributed by atoms with E-state index in [1.54, 1.807) is 0 Å². The van der Waals surface area contributed by atoms with Crippen molar-refractivity contribution in [3.8, 4) is 23.6 Å². The molecule has 0 spiro atoms. The van der Waals surface area contributed by atoms with Crippen LogP contribution in [0.25, 0.3) is 0 Å². The average Bonchev–Trinajstić information content (AvgIpc) is 2.70. The van der Waals surface area contributed by atoms with Gasteiger partial charge < -0.3 is 14.6 Å². The van der Waals surface area contributed by atoms with E-state index in [1.807, 2.05) is 0 Å². The zero-order chi connectivity index (χ0) is 23.2. The fourth-order valence-electron chi connectivity index (χ4n) is 2.48. The van der Waals surface area contributed by atoms with Crippen LogP contribution in [0.1, 0.15) is 28.7 Å². The second-order valence-corrected chi connectivity index (χ2v) is 6.24. The van der Waals surface area contributed by atoms with Crippen molar-refractivity contribution in [2.24, 2.45) is 0 Å². The first kappa shape index (κ1) is 23.8. The SMILES string of the molecule is N#Cc1ccc(OCCC(O)COc2ccc(C#N)c(C(F)(F)F)c2)cc1C(F)(F)F. The van der Waals surface area contributed by atoms with Crippen molar-refractivity contribution >= 4 is 0 Å². The monoisotopic (exact) mass is 444 g/mol. The van der Waals surface area contributed by atoms with Crippen molar-refractivity contribution in [2.75, 3.05) is 13.2 Å². The maximum Gasteiger partial charge on any atom is 0.417 e. The van der Waals surface area contributed by atoms with Gasteiger partial charge in [0.2, 0.25) is 0 Å². The summed E-state index contributed by atoms with van der Waals surface area (Å²) in [7, 11) is 0. The third-order valence-electron chi connectivity index (χ3n) is 4.00. The van der Waals surface area contributed by atoms with E-state index in [9.17, 15) is 31.4 Å². The molecule has 0 saturated carbocycles. The van der Waals surface area contributed by atoms with Gasteiger partial charge in [-0.1, -0.05) is 0 Å². The molecular weight excluding hydrogens is 430 g/mol. The van der Waals surface area contributed by atoms with Gasteiger partial charge in [-0.3, -0.25) is 0 Å². The molecule has 11 heteroatoms. The Labute approximate surface area is 172 Å². The molecule has 0 aromatic heterocycles. The summed E-state index contributed by atoms with van der Waals surface area (Å²) >= 11 is 0. The van der Waals surface area contributed by atoms with Gasteiger partial charge in [0.05, 0.1) is 47.1 Å². The predicted octanol–water partition coefficient (Wildman–Crippen LogP) is 4.68. The second kappa shape index (κ2) is 9.58. The zero-order valence-electron chi connectivity index (χ0n) is 15.6. The summed E-state index contributed by atoms with van der Waals surface area (Å²) in [5.41, 5.74) is -3.47. The van der Waals surface area contributed by atoms with Crippen molar-refractivity contribution in [3.63, 3.8) is 0 Å². The summed E-state index contributed by atoms with van der Waals surface area (Å²) in [5, 5.41) is 27.4. The Morgan fingerprint density at radius 1 is 0.806 bits per heavy atom. The van der Waals surface area contributed by atoms with E-state index >= 15 is 0 Å². The first-order chi connectivity index (χ1) is 14.5. The lowest BCUT2D eigenvalue weighted by Gasteiger charge is -2.15. The van der Waals surface area contributed by atoms with Gasteiger partial charge in [-0.2, -0.15) is 36.9 Å². The molecule has 5 nitrogen and oxygen atoms in total. The van der Waals surface area contributed by atoms with E-state index < -0.39 is 47.3 Å². The van der Waals surface area contributed by atoms with Crippen molar-refractivity contribution in [1.29, 1.82) is 10.5 Å². The number of rotatable bonds is 7. The van der Waals surface area contributed by atoms with Gasteiger partial charge >= 0.3 is 12.4 Å². The molecular formula is C20H14F6N2O3. The number of hydrogen-bond donors (Lipinski definition) is 1. The molecule has 2 rings (SSSR count). The fraction of sp³-hybridized carbons (Fsp3) is 0.300. The first-order valence-corrected chi connectivity index (χ1v) is 8.62. The number of benzene rings is 2. The van der Waals surface area contributed by atoms with Gasteiger partial charge in [-0.15, -0.1) is 0 Å². The molecule has 0 heterocycles. The minimum absolute atomic E-state index is 0.0935. The van der Waals surface area contributed by atoms with Crippen molar-refractivity contribution < 1.29 is 40.9 Å². The molecule has 1 unspecified atom stereocenters. The molecule has 1 atom stereocenters. The van der Waals surface area contributed by atoms with E-state index in [4.69, 9.17) is 20.0 Å².